The molecule has 2 amide bonds. The molecule has 2 aromatic rings. The molecule has 0 unspecified atom stereocenters. The van der Waals surface area contributed by atoms with E-state index in [1.165, 1.54) is 12.3 Å². The molecule has 1 fully saturated rings. The SMILES string of the molecule is COc1cccc(NC(=O)c2cc(C(=O)NCCN3CCOCC3)ccn2)c1. The quantitative estimate of drug-likeness (QED) is 0.750. The van der Waals surface area contributed by atoms with Gasteiger partial charge in [-0.25, -0.2) is 0 Å². The molecule has 28 heavy (non-hydrogen) atoms. The van der Waals surface area contributed by atoms with E-state index >= 15 is 0 Å². The molecule has 0 saturated carbocycles. The summed E-state index contributed by atoms with van der Waals surface area (Å²) in [5.41, 5.74) is 1.16. The monoisotopic (exact) mass is 384 g/mol. The minimum Gasteiger partial charge on any atom is -0.497 e. The van der Waals surface area contributed by atoms with Crippen molar-refractivity contribution in [1.29, 1.82) is 0 Å². The van der Waals surface area contributed by atoms with Gasteiger partial charge in [0.1, 0.15) is 11.4 Å². The summed E-state index contributed by atoms with van der Waals surface area (Å²) in [4.78, 5) is 31.1. The molecule has 8 nitrogen and oxygen atoms in total. The van der Waals surface area contributed by atoms with Crippen LogP contribution in [0.2, 0.25) is 0 Å². The first-order valence-electron chi connectivity index (χ1n) is 9.15. The van der Waals surface area contributed by atoms with Gasteiger partial charge in [-0.3, -0.25) is 19.5 Å². The van der Waals surface area contributed by atoms with Crippen LogP contribution in [0.15, 0.2) is 42.6 Å². The van der Waals surface area contributed by atoms with Crippen LogP contribution in [0.5, 0.6) is 5.75 Å². The summed E-state index contributed by atoms with van der Waals surface area (Å²) in [6.45, 7) is 4.50. The Morgan fingerprint density at radius 1 is 1.18 bits per heavy atom. The fourth-order valence-electron chi connectivity index (χ4n) is 2.85. The highest BCUT2D eigenvalue weighted by Gasteiger charge is 2.14. The van der Waals surface area contributed by atoms with E-state index in [0.717, 1.165) is 32.8 Å². The molecule has 1 aliphatic heterocycles. The molecule has 1 aromatic carbocycles. The van der Waals surface area contributed by atoms with Crippen LogP contribution in [-0.4, -0.2) is 68.2 Å². The zero-order chi connectivity index (χ0) is 19.8. The van der Waals surface area contributed by atoms with E-state index in [1.807, 2.05) is 0 Å². The zero-order valence-corrected chi connectivity index (χ0v) is 15.8. The maximum atomic E-state index is 12.4. The van der Waals surface area contributed by atoms with E-state index in [-0.39, 0.29) is 11.6 Å². The Labute approximate surface area is 163 Å². The first-order chi connectivity index (χ1) is 13.7. The average molecular weight is 384 g/mol. The number of methoxy groups -OCH3 is 1. The first kappa shape index (κ1) is 19.8. The van der Waals surface area contributed by atoms with Crippen LogP contribution in [0.1, 0.15) is 20.8 Å². The number of pyridine rings is 1. The number of nitrogens with one attached hydrogen (secondary N) is 2. The summed E-state index contributed by atoms with van der Waals surface area (Å²) in [6, 6.07) is 10.1. The van der Waals surface area contributed by atoms with Gasteiger partial charge in [0.25, 0.3) is 11.8 Å². The lowest BCUT2D eigenvalue weighted by molar-refractivity contribution is 0.0383. The highest BCUT2D eigenvalue weighted by atomic mass is 16.5. The number of nitrogens with zero attached hydrogens (tertiary/aromatic N) is 2. The van der Waals surface area contributed by atoms with Gasteiger partial charge < -0.3 is 20.1 Å². The smallest absolute Gasteiger partial charge is 0.274 e. The molecule has 0 aliphatic carbocycles. The predicted octanol–water partition coefficient (Wildman–Crippen LogP) is 1.40. The average Bonchev–Trinajstić information content (AvgIpc) is 2.74. The normalized spacial score (nSPS) is 14.3. The first-order valence-corrected chi connectivity index (χ1v) is 9.15. The molecular formula is C20H24N4O4. The summed E-state index contributed by atoms with van der Waals surface area (Å²) in [5, 5.41) is 5.63. The summed E-state index contributed by atoms with van der Waals surface area (Å²) < 4.78 is 10.5. The number of carbonyl (C=O) groups is 2. The summed E-state index contributed by atoms with van der Waals surface area (Å²) in [7, 11) is 1.56. The van der Waals surface area contributed by atoms with E-state index in [9.17, 15) is 9.59 Å². The Balaban J connectivity index is 1.56. The number of rotatable bonds is 7. The Bertz CT molecular complexity index is 821. The minimum absolute atomic E-state index is 0.170. The highest BCUT2D eigenvalue weighted by Crippen LogP contribution is 2.17. The van der Waals surface area contributed by atoms with Crippen molar-refractivity contribution >= 4 is 17.5 Å². The van der Waals surface area contributed by atoms with Crippen molar-refractivity contribution in [2.24, 2.45) is 0 Å². The van der Waals surface area contributed by atoms with Crippen LogP contribution in [0.4, 0.5) is 5.69 Å². The van der Waals surface area contributed by atoms with Gasteiger partial charge in [0, 0.05) is 49.7 Å². The van der Waals surface area contributed by atoms with Crippen LogP contribution in [-0.2, 0) is 4.74 Å². The number of morpholine rings is 1. The lowest BCUT2D eigenvalue weighted by Gasteiger charge is -2.26. The molecule has 3 rings (SSSR count). The van der Waals surface area contributed by atoms with Crippen LogP contribution >= 0.6 is 0 Å². The van der Waals surface area contributed by atoms with E-state index in [2.05, 4.69) is 20.5 Å². The molecule has 0 radical (unpaired) electrons. The van der Waals surface area contributed by atoms with Gasteiger partial charge in [-0.2, -0.15) is 0 Å². The van der Waals surface area contributed by atoms with E-state index in [4.69, 9.17) is 9.47 Å². The Morgan fingerprint density at radius 3 is 2.79 bits per heavy atom. The van der Waals surface area contributed by atoms with Crippen molar-refractivity contribution in [3.8, 4) is 5.75 Å². The summed E-state index contributed by atoms with van der Waals surface area (Å²) in [6.07, 6.45) is 1.46. The molecule has 1 saturated heterocycles. The second kappa shape index (κ2) is 9.82. The van der Waals surface area contributed by atoms with Crippen molar-refractivity contribution in [3.63, 3.8) is 0 Å². The molecular weight excluding hydrogens is 360 g/mol. The van der Waals surface area contributed by atoms with Gasteiger partial charge in [0.05, 0.1) is 20.3 Å². The number of anilines is 1. The predicted molar refractivity (Wildman–Crippen MR) is 105 cm³/mol. The Kier molecular flexibility index (Phi) is 6.94. The molecule has 2 N–H and O–H groups in total. The third kappa shape index (κ3) is 5.51. The number of carbonyl (C=O) groups excluding carboxylic acids is 2. The second-order valence-electron chi connectivity index (χ2n) is 6.33. The van der Waals surface area contributed by atoms with Crippen molar-refractivity contribution in [1.82, 2.24) is 15.2 Å². The summed E-state index contributed by atoms with van der Waals surface area (Å²) in [5.74, 6) is 0.0152. The second-order valence-corrected chi connectivity index (χ2v) is 6.33. The molecule has 1 aliphatic rings. The number of hydrogen-bond acceptors (Lipinski definition) is 6. The maximum absolute atomic E-state index is 12.4. The number of ether oxygens (including phenoxy) is 2. The largest absolute Gasteiger partial charge is 0.497 e. The van der Waals surface area contributed by atoms with Crippen molar-refractivity contribution in [2.45, 2.75) is 0 Å². The maximum Gasteiger partial charge on any atom is 0.274 e. The van der Waals surface area contributed by atoms with Crippen molar-refractivity contribution in [3.05, 3.63) is 53.9 Å². The van der Waals surface area contributed by atoms with E-state index in [0.29, 0.717) is 23.5 Å². The van der Waals surface area contributed by atoms with Gasteiger partial charge in [-0.1, -0.05) is 6.07 Å². The minimum atomic E-state index is -0.392. The molecule has 0 spiro atoms. The zero-order valence-electron chi connectivity index (χ0n) is 15.8. The van der Waals surface area contributed by atoms with Crippen molar-refractivity contribution in [2.75, 3.05) is 51.8 Å². The van der Waals surface area contributed by atoms with Gasteiger partial charge in [-0.05, 0) is 24.3 Å². The Hall–Kier alpha value is -2.97. The highest BCUT2D eigenvalue weighted by molar-refractivity contribution is 6.04. The van der Waals surface area contributed by atoms with E-state index < -0.39 is 5.91 Å². The third-order valence-corrected chi connectivity index (χ3v) is 4.40. The fraction of sp³-hybridized carbons (Fsp3) is 0.350. The fourth-order valence-corrected chi connectivity index (χ4v) is 2.85. The van der Waals surface area contributed by atoms with Crippen LogP contribution in [0.3, 0.4) is 0 Å². The lowest BCUT2D eigenvalue weighted by Crippen LogP contribution is -2.41. The van der Waals surface area contributed by atoms with Gasteiger partial charge in [0.15, 0.2) is 0 Å². The molecule has 8 heteroatoms. The summed E-state index contributed by atoms with van der Waals surface area (Å²) >= 11 is 0. The number of aromatic nitrogens is 1. The molecule has 0 bridgehead atoms. The van der Waals surface area contributed by atoms with Crippen LogP contribution < -0.4 is 15.4 Å². The lowest BCUT2D eigenvalue weighted by atomic mass is 10.2. The third-order valence-electron chi connectivity index (χ3n) is 4.40. The van der Waals surface area contributed by atoms with Crippen LogP contribution in [0, 0.1) is 0 Å². The molecule has 2 heterocycles. The van der Waals surface area contributed by atoms with Gasteiger partial charge >= 0.3 is 0 Å². The van der Waals surface area contributed by atoms with Crippen molar-refractivity contribution < 1.29 is 19.1 Å². The molecule has 0 atom stereocenters. The standard InChI is InChI=1S/C20H24N4O4/c1-27-17-4-2-3-16(14-17)23-20(26)18-13-15(5-6-21-18)19(25)22-7-8-24-9-11-28-12-10-24/h2-6,13-14H,7-12H2,1H3,(H,22,25)(H,23,26). The topological polar surface area (TPSA) is 92.8 Å². The van der Waals surface area contributed by atoms with Gasteiger partial charge in [-0.15, -0.1) is 0 Å². The number of benzene rings is 1. The number of amides is 2. The molecule has 148 valence electrons. The Morgan fingerprint density at radius 2 is 2.00 bits per heavy atom. The van der Waals surface area contributed by atoms with Crippen LogP contribution in [0.25, 0.3) is 0 Å². The van der Waals surface area contributed by atoms with E-state index in [1.54, 1.807) is 37.4 Å². The van der Waals surface area contributed by atoms with Gasteiger partial charge in [0.2, 0.25) is 0 Å². The number of hydrogen-bond donors (Lipinski definition) is 2. The molecule has 1 aromatic heterocycles.